The minimum Gasteiger partial charge on any atom is -0.340 e. The molecule has 1 heterocycles. The van der Waals surface area contributed by atoms with Crippen molar-refractivity contribution in [3.05, 3.63) is 27.7 Å². The van der Waals surface area contributed by atoms with Crippen LogP contribution >= 0.6 is 23.2 Å². The van der Waals surface area contributed by atoms with Crippen LogP contribution in [-0.4, -0.2) is 68.4 Å². The van der Waals surface area contributed by atoms with Crippen LogP contribution in [0.5, 0.6) is 0 Å². The SMILES string of the molecule is CCCCCCS(=O)(=O)c1ccc(C(=O)CCN2CCN(C(C)=O)CC2)c(Cl)c1Cl. The number of hydrogen-bond donors (Lipinski definition) is 0. The van der Waals surface area contributed by atoms with Crippen molar-refractivity contribution in [1.82, 2.24) is 9.80 Å². The zero-order valence-corrected chi connectivity index (χ0v) is 20.0. The van der Waals surface area contributed by atoms with Crippen LogP contribution in [-0.2, 0) is 14.6 Å². The van der Waals surface area contributed by atoms with Crippen LogP contribution in [0.25, 0.3) is 0 Å². The Morgan fingerprint density at radius 2 is 1.67 bits per heavy atom. The highest BCUT2D eigenvalue weighted by Crippen LogP contribution is 2.34. The van der Waals surface area contributed by atoms with Crippen LogP contribution < -0.4 is 0 Å². The predicted molar refractivity (Wildman–Crippen MR) is 120 cm³/mol. The van der Waals surface area contributed by atoms with Gasteiger partial charge in [0.05, 0.1) is 20.7 Å². The summed E-state index contributed by atoms with van der Waals surface area (Å²) in [5.41, 5.74) is 0.244. The first-order chi connectivity index (χ1) is 14.2. The molecule has 1 aromatic carbocycles. The Labute approximate surface area is 189 Å². The summed E-state index contributed by atoms with van der Waals surface area (Å²) in [6.45, 7) is 6.91. The number of sulfone groups is 1. The molecule has 30 heavy (non-hydrogen) atoms. The molecule has 0 aromatic heterocycles. The number of Topliss-reactive ketones (excluding diaryl/α,β-unsaturated/α-hetero) is 1. The molecule has 0 atom stereocenters. The molecule has 0 unspecified atom stereocenters. The third kappa shape index (κ3) is 6.67. The summed E-state index contributed by atoms with van der Waals surface area (Å²) in [6.07, 6.45) is 3.68. The van der Waals surface area contributed by atoms with E-state index < -0.39 is 9.84 Å². The lowest BCUT2D eigenvalue weighted by molar-refractivity contribution is -0.130. The predicted octanol–water partition coefficient (Wildman–Crippen LogP) is 4.08. The number of nitrogens with zero attached hydrogens (tertiary/aromatic N) is 2. The fourth-order valence-electron chi connectivity index (χ4n) is 3.50. The third-order valence-electron chi connectivity index (χ3n) is 5.42. The first kappa shape index (κ1) is 25.1. The molecule has 0 spiro atoms. The van der Waals surface area contributed by atoms with Gasteiger partial charge in [-0.2, -0.15) is 0 Å². The van der Waals surface area contributed by atoms with Crippen molar-refractivity contribution in [1.29, 1.82) is 0 Å². The van der Waals surface area contributed by atoms with E-state index in [0.29, 0.717) is 26.1 Å². The quantitative estimate of drug-likeness (QED) is 0.375. The summed E-state index contributed by atoms with van der Waals surface area (Å²) < 4.78 is 25.2. The van der Waals surface area contributed by atoms with E-state index in [1.807, 2.05) is 0 Å². The molecule has 0 radical (unpaired) electrons. The molecule has 0 saturated carbocycles. The first-order valence-corrected chi connectivity index (χ1v) is 12.8. The van der Waals surface area contributed by atoms with Gasteiger partial charge in [-0.15, -0.1) is 0 Å². The van der Waals surface area contributed by atoms with Crippen LogP contribution in [0, 0.1) is 0 Å². The number of halogens is 2. The monoisotopic (exact) mass is 476 g/mol. The standard InChI is InChI=1S/C21H30Cl2N2O4S/c1-3-4-5-6-15-30(28,29)19-8-7-17(20(22)21(19)23)18(27)9-10-24-11-13-25(14-12-24)16(2)26/h7-8H,3-6,9-15H2,1-2H3. The molecule has 1 amide bonds. The zero-order chi connectivity index (χ0) is 22.3. The Balaban J connectivity index is 1.99. The van der Waals surface area contributed by atoms with Gasteiger partial charge in [-0.1, -0.05) is 49.4 Å². The van der Waals surface area contributed by atoms with E-state index in [1.54, 1.807) is 11.8 Å². The fourth-order valence-corrected chi connectivity index (χ4v) is 5.80. The molecule has 1 saturated heterocycles. The van der Waals surface area contributed by atoms with Crippen molar-refractivity contribution in [3.8, 4) is 0 Å². The average Bonchev–Trinajstić information content (AvgIpc) is 2.71. The first-order valence-electron chi connectivity index (χ1n) is 10.4. The second kappa shape index (κ2) is 11.5. The summed E-state index contributed by atoms with van der Waals surface area (Å²) >= 11 is 12.5. The number of amides is 1. The summed E-state index contributed by atoms with van der Waals surface area (Å²) in [5, 5.41) is -0.0780. The van der Waals surface area contributed by atoms with Crippen LogP contribution in [0.4, 0.5) is 0 Å². The number of carbonyl (C=O) groups is 2. The molecule has 0 bridgehead atoms. The topological polar surface area (TPSA) is 74.8 Å². The molecule has 0 aliphatic carbocycles. The van der Waals surface area contributed by atoms with E-state index >= 15 is 0 Å². The average molecular weight is 477 g/mol. The van der Waals surface area contributed by atoms with E-state index in [9.17, 15) is 18.0 Å². The lowest BCUT2D eigenvalue weighted by Gasteiger charge is -2.34. The van der Waals surface area contributed by atoms with Crippen LogP contribution in [0.15, 0.2) is 17.0 Å². The summed E-state index contributed by atoms with van der Waals surface area (Å²) in [6, 6.07) is 2.85. The smallest absolute Gasteiger partial charge is 0.219 e. The molecule has 0 N–H and O–H groups in total. The highest BCUT2D eigenvalue weighted by molar-refractivity contribution is 7.91. The zero-order valence-electron chi connectivity index (χ0n) is 17.6. The summed E-state index contributed by atoms with van der Waals surface area (Å²) in [7, 11) is -3.55. The van der Waals surface area contributed by atoms with E-state index in [0.717, 1.165) is 32.4 Å². The van der Waals surface area contributed by atoms with E-state index in [2.05, 4.69) is 11.8 Å². The molecule has 1 aliphatic rings. The van der Waals surface area contributed by atoms with Gasteiger partial charge in [0.25, 0.3) is 0 Å². The third-order valence-corrected chi connectivity index (χ3v) is 8.25. The number of unbranched alkanes of at least 4 members (excludes halogenated alkanes) is 3. The Hall–Kier alpha value is -1.15. The van der Waals surface area contributed by atoms with Crippen LogP contribution in [0.3, 0.4) is 0 Å². The van der Waals surface area contributed by atoms with Gasteiger partial charge in [-0.25, -0.2) is 8.42 Å². The molecule has 1 fully saturated rings. The Kier molecular flexibility index (Phi) is 9.60. The largest absolute Gasteiger partial charge is 0.340 e. The number of carbonyl (C=O) groups excluding carboxylic acids is 2. The molecule has 2 rings (SSSR count). The van der Waals surface area contributed by atoms with Gasteiger partial charge >= 0.3 is 0 Å². The second-order valence-electron chi connectivity index (χ2n) is 7.64. The molecule has 1 aromatic rings. The number of piperazine rings is 1. The molecule has 1 aliphatic heterocycles. The summed E-state index contributed by atoms with van der Waals surface area (Å²) in [4.78, 5) is 28.0. The van der Waals surface area contributed by atoms with Gasteiger partial charge in [0.2, 0.25) is 5.91 Å². The Morgan fingerprint density at radius 1 is 1.00 bits per heavy atom. The molecule has 168 valence electrons. The van der Waals surface area contributed by atoms with E-state index in [-0.39, 0.29) is 44.4 Å². The van der Waals surface area contributed by atoms with E-state index in [1.165, 1.54) is 12.1 Å². The van der Waals surface area contributed by atoms with Gasteiger partial charge < -0.3 is 4.90 Å². The van der Waals surface area contributed by atoms with Gasteiger partial charge in [0, 0.05) is 51.6 Å². The van der Waals surface area contributed by atoms with Crippen molar-refractivity contribution >= 4 is 44.7 Å². The number of hydrogen-bond acceptors (Lipinski definition) is 5. The van der Waals surface area contributed by atoms with Crippen molar-refractivity contribution in [2.75, 3.05) is 38.5 Å². The molecule has 6 nitrogen and oxygen atoms in total. The van der Waals surface area contributed by atoms with Crippen molar-refractivity contribution in [3.63, 3.8) is 0 Å². The van der Waals surface area contributed by atoms with Crippen molar-refractivity contribution in [2.45, 2.75) is 50.8 Å². The lowest BCUT2D eigenvalue weighted by Crippen LogP contribution is -2.48. The minimum atomic E-state index is -3.55. The van der Waals surface area contributed by atoms with Gasteiger partial charge in [-0.05, 0) is 18.6 Å². The Morgan fingerprint density at radius 3 is 2.27 bits per heavy atom. The maximum atomic E-state index is 12.7. The molecule has 9 heteroatoms. The Bertz CT molecular complexity index is 866. The van der Waals surface area contributed by atoms with Gasteiger partial charge in [-0.3, -0.25) is 14.5 Å². The van der Waals surface area contributed by atoms with E-state index in [4.69, 9.17) is 23.2 Å². The van der Waals surface area contributed by atoms with Gasteiger partial charge in [0.1, 0.15) is 0 Å². The molecular weight excluding hydrogens is 447 g/mol. The maximum absolute atomic E-state index is 12.7. The number of rotatable bonds is 10. The van der Waals surface area contributed by atoms with Crippen molar-refractivity contribution in [2.24, 2.45) is 0 Å². The van der Waals surface area contributed by atoms with Crippen LogP contribution in [0.2, 0.25) is 10.0 Å². The minimum absolute atomic E-state index is 0.00213. The van der Waals surface area contributed by atoms with Crippen molar-refractivity contribution < 1.29 is 18.0 Å². The van der Waals surface area contributed by atoms with Crippen LogP contribution in [0.1, 0.15) is 56.3 Å². The molecular formula is C21H30Cl2N2O4S. The van der Waals surface area contributed by atoms with Gasteiger partial charge in [0.15, 0.2) is 15.6 Å². The summed E-state index contributed by atoms with van der Waals surface area (Å²) in [5.74, 6) is -0.0990. The number of ketones is 1. The highest BCUT2D eigenvalue weighted by atomic mass is 35.5. The maximum Gasteiger partial charge on any atom is 0.219 e. The highest BCUT2D eigenvalue weighted by Gasteiger charge is 2.24. The number of benzene rings is 1. The fraction of sp³-hybridized carbons (Fsp3) is 0.619. The second-order valence-corrected chi connectivity index (χ2v) is 10.5. The normalized spacial score (nSPS) is 15.4. The lowest BCUT2D eigenvalue weighted by atomic mass is 10.1.